The van der Waals surface area contributed by atoms with Crippen molar-refractivity contribution in [1.29, 1.82) is 0 Å². The average Bonchev–Trinajstić information content (AvgIpc) is 2.98. The maximum absolute atomic E-state index is 14.1. The summed E-state index contributed by atoms with van der Waals surface area (Å²) in [6.07, 6.45) is -9.22. The lowest BCUT2D eigenvalue weighted by Crippen LogP contribution is -2.06. The van der Waals surface area contributed by atoms with Crippen LogP contribution in [0, 0.1) is 0 Å². The van der Waals surface area contributed by atoms with Gasteiger partial charge in [-0.15, -0.1) is 0 Å². The van der Waals surface area contributed by atoms with E-state index in [0.29, 0.717) is 43.8 Å². The van der Waals surface area contributed by atoms with Crippen LogP contribution in [0.2, 0.25) is 0 Å². The highest BCUT2D eigenvalue weighted by Gasteiger charge is 2.33. The molecule has 0 spiro atoms. The largest absolute Gasteiger partial charge is 0.416 e. The summed E-state index contributed by atoms with van der Waals surface area (Å²) in [4.78, 5) is 0. The molecule has 0 atom stereocenters. The second-order valence-electron chi connectivity index (χ2n) is 10.3. The van der Waals surface area contributed by atoms with E-state index in [1.807, 2.05) is 84.9 Å². The van der Waals surface area contributed by atoms with Gasteiger partial charge in [0.05, 0.1) is 11.1 Å². The predicted octanol–water partition coefficient (Wildman–Crippen LogP) is 11.7. The van der Waals surface area contributed by atoms with E-state index >= 15 is 0 Å². The van der Waals surface area contributed by atoms with E-state index in [4.69, 9.17) is 0 Å². The fourth-order valence-corrected chi connectivity index (χ4v) is 6.05. The van der Waals surface area contributed by atoms with Crippen molar-refractivity contribution in [2.75, 3.05) is 0 Å². The molecule has 0 radical (unpaired) electrons. The van der Waals surface area contributed by atoms with Crippen LogP contribution in [0.25, 0.3) is 65.3 Å². The fourth-order valence-electron chi connectivity index (χ4n) is 6.05. The molecule has 0 amide bonds. The first kappa shape index (κ1) is 26.1. The minimum atomic E-state index is -4.61. The first-order valence-corrected chi connectivity index (χ1v) is 13.3. The maximum atomic E-state index is 14.1. The molecule has 0 bridgehead atoms. The number of fused-ring (bicyclic) bond motifs is 4. The van der Waals surface area contributed by atoms with Crippen LogP contribution in [-0.4, -0.2) is 0 Å². The molecule has 0 heterocycles. The van der Waals surface area contributed by atoms with Crippen molar-refractivity contribution in [2.24, 2.45) is 0 Å². The van der Waals surface area contributed by atoms with Crippen LogP contribution in [0.3, 0.4) is 0 Å². The third-order valence-corrected chi connectivity index (χ3v) is 7.89. The minimum absolute atomic E-state index is 0.316. The van der Waals surface area contributed by atoms with Crippen molar-refractivity contribution in [1.82, 2.24) is 0 Å². The molecule has 6 heteroatoms. The van der Waals surface area contributed by atoms with Crippen LogP contribution in [0.1, 0.15) is 11.1 Å². The Labute approximate surface area is 236 Å². The Morgan fingerprint density at radius 1 is 0.333 bits per heavy atom. The Morgan fingerprint density at radius 3 is 1.12 bits per heavy atom. The van der Waals surface area contributed by atoms with Gasteiger partial charge in [-0.1, -0.05) is 97.1 Å². The SMILES string of the molecule is FC(F)(F)c1ccc2c(-c3cccc4ccccc34)c3cc(C(F)(F)F)ccc3c(-c3cccc4ccccc34)c2c1. The lowest BCUT2D eigenvalue weighted by molar-refractivity contribution is -0.138. The van der Waals surface area contributed by atoms with Gasteiger partial charge in [0.2, 0.25) is 0 Å². The van der Waals surface area contributed by atoms with Gasteiger partial charge >= 0.3 is 12.4 Å². The van der Waals surface area contributed by atoms with Gasteiger partial charge in [-0.25, -0.2) is 0 Å². The zero-order valence-corrected chi connectivity index (χ0v) is 21.8. The Balaban J connectivity index is 1.75. The predicted molar refractivity (Wildman–Crippen MR) is 157 cm³/mol. The zero-order valence-electron chi connectivity index (χ0n) is 21.8. The second kappa shape index (κ2) is 9.35. The number of halogens is 6. The van der Waals surface area contributed by atoms with E-state index < -0.39 is 23.5 Å². The Kier molecular flexibility index (Phi) is 5.80. The molecule has 206 valence electrons. The maximum Gasteiger partial charge on any atom is 0.416 e. The summed E-state index contributed by atoms with van der Waals surface area (Å²) in [5, 5.41) is 4.83. The van der Waals surface area contributed by atoms with E-state index in [-0.39, 0.29) is 0 Å². The van der Waals surface area contributed by atoms with Crippen molar-refractivity contribution in [3.05, 3.63) is 132 Å². The Hall–Kier alpha value is -4.84. The summed E-state index contributed by atoms with van der Waals surface area (Å²) in [6.45, 7) is 0. The van der Waals surface area contributed by atoms with Crippen molar-refractivity contribution < 1.29 is 26.3 Å². The summed E-state index contributed by atoms with van der Waals surface area (Å²) in [7, 11) is 0. The molecular weight excluding hydrogens is 546 g/mol. The van der Waals surface area contributed by atoms with Gasteiger partial charge in [0.25, 0.3) is 0 Å². The number of alkyl halides is 6. The van der Waals surface area contributed by atoms with Crippen LogP contribution >= 0.6 is 0 Å². The van der Waals surface area contributed by atoms with Gasteiger partial charge in [0.1, 0.15) is 0 Å². The van der Waals surface area contributed by atoms with Gasteiger partial charge in [-0.3, -0.25) is 0 Å². The molecular formula is C36H20F6. The molecule has 7 aromatic rings. The Bertz CT molecular complexity index is 2000. The summed E-state index contributed by atoms with van der Waals surface area (Å²) in [6, 6.07) is 33.0. The van der Waals surface area contributed by atoms with E-state index in [0.717, 1.165) is 45.8 Å². The number of hydrogen-bond donors (Lipinski definition) is 0. The summed E-state index contributed by atoms with van der Waals surface area (Å²) in [5.41, 5.74) is 0.553. The summed E-state index contributed by atoms with van der Waals surface area (Å²) >= 11 is 0. The summed E-state index contributed by atoms with van der Waals surface area (Å²) in [5.74, 6) is 0. The topological polar surface area (TPSA) is 0 Å². The number of hydrogen-bond acceptors (Lipinski definition) is 0. The van der Waals surface area contributed by atoms with E-state index in [1.165, 1.54) is 12.1 Å². The number of benzene rings is 7. The minimum Gasteiger partial charge on any atom is -0.166 e. The molecule has 0 aromatic heterocycles. The van der Waals surface area contributed by atoms with Crippen LogP contribution in [0.15, 0.2) is 121 Å². The molecule has 0 saturated carbocycles. The van der Waals surface area contributed by atoms with Crippen molar-refractivity contribution in [3.63, 3.8) is 0 Å². The van der Waals surface area contributed by atoms with Gasteiger partial charge in [-0.2, -0.15) is 26.3 Å². The molecule has 0 aliphatic carbocycles. The summed E-state index contributed by atoms with van der Waals surface area (Å²) < 4.78 is 84.6. The van der Waals surface area contributed by atoms with Crippen molar-refractivity contribution >= 4 is 43.1 Å². The lowest BCUT2D eigenvalue weighted by atomic mass is 9.82. The molecule has 0 nitrogen and oxygen atoms in total. The van der Waals surface area contributed by atoms with E-state index in [1.54, 1.807) is 0 Å². The Morgan fingerprint density at radius 2 is 0.714 bits per heavy atom. The van der Waals surface area contributed by atoms with Crippen LogP contribution in [0.5, 0.6) is 0 Å². The average molecular weight is 567 g/mol. The highest BCUT2D eigenvalue weighted by atomic mass is 19.4. The molecule has 0 fully saturated rings. The van der Waals surface area contributed by atoms with Gasteiger partial charge in [0, 0.05) is 0 Å². The highest BCUT2D eigenvalue weighted by molar-refractivity contribution is 6.25. The fraction of sp³-hybridized carbons (Fsp3) is 0.0556. The molecule has 7 rings (SSSR count). The smallest absolute Gasteiger partial charge is 0.166 e. The van der Waals surface area contributed by atoms with E-state index in [9.17, 15) is 26.3 Å². The third-order valence-electron chi connectivity index (χ3n) is 7.89. The van der Waals surface area contributed by atoms with E-state index in [2.05, 4.69) is 0 Å². The van der Waals surface area contributed by atoms with Crippen LogP contribution < -0.4 is 0 Å². The molecule has 0 aliphatic rings. The molecule has 42 heavy (non-hydrogen) atoms. The van der Waals surface area contributed by atoms with Crippen molar-refractivity contribution in [3.8, 4) is 22.3 Å². The molecule has 7 aromatic carbocycles. The zero-order chi connectivity index (χ0) is 29.2. The monoisotopic (exact) mass is 566 g/mol. The van der Waals surface area contributed by atoms with Gasteiger partial charge in [-0.05, 0) is 89.6 Å². The van der Waals surface area contributed by atoms with Gasteiger partial charge < -0.3 is 0 Å². The van der Waals surface area contributed by atoms with Crippen molar-refractivity contribution in [2.45, 2.75) is 12.4 Å². The van der Waals surface area contributed by atoms with Crippen LogP contribution in [0.4, 0.5) is 26.3 Å². The van der Waals surface area contributed by atoms with Gasteiger partial charge in [0.15, 0.2) is 0 Å². The molecule has 0 aliphatic heterocycles. The highest BCUT2D eigenvalue weighted by Crippen LogP contribution is 2.49. The molecule has 0 N–H and O–H groups in total. The standard InChI is InChI=1S/C36H20F6/c37-35(38,39)23-16-18-30-31(19-23)33(27-13-5-9-21-7-1-3-11-25(21)27)29-17-15-24(36(40,41)42)20-32(29)34(30)28-14-6-10-22-8-2-4-12-26(22)28/h1-20H. The quantitative estimate of drug-likeness (QED) is 0.144. The first-order valence-electron chi connectivity index (χ1n) is 13.3. The molecule has 0 unspecified atom stereocenters. The molecule has 0 saturated heterocycles. The third kappa shape index (κ3) is 4.17. The lowest BCUT2D eigenvalue weighted by Gasteiger charge is -2.21. The number of rotatable bonds is 2. The normalized spacial score (nSPS) is 12.5. The van der Waals surface area contributed by atoms with Crippen LogP contribution in [-0.2, 0) is 12.4 Å². The second-order valence-corrected chi connectivity index (χ2v) is 10.3. The first-order chi connectivity index (χ1) is 20.1.